The van der Waals surface area contributed by atoms with Gasteiger partial charge >= 0.3 is 0 Å². The summed E-state index contributed by atoms with van der Waals surface area (Å²) >= 11 is 0. The second-order valence-corrected chi connectivity index (χ2v) is 11.3. The van der Waals surface area contributed by atoms with Crippen LogP contribution in [0, 0.1) is 11.2 Å². The first-order valence-electron chi connectivity index (χ1n) is 14.0. The maximum Gasteiger partial charge on any atom is 0.233 e. The SMILES string of the molecule is O=C(C[C@]1(COc2ccccc2)CCCN(C(=O)C2(c3ccccc3F)CCCC2)C1)N1CCCCC1. The Morgan fingerprint density at radius 2 is 1.46 bits per heavy atom. The maximum atomic E-state index is 15.0. The van der Waals surface area contributed by atoms with Gasteiger partial charge in [-0.3, -0.25) is 9.59 Å². The Kier molecular flexibility index (Phi) is 7.82. The van der Waals surface area contributed by atoms with Crippen LogP contribution >= 0.6 is 0 Å². The molecule has 2 heterocycles. The molecule has 1 saturated carbocycles. The third-order valence-corrected chi connectivity index (χ3v) is 8.73. The number of amides is 2. The van der Waals surface area contributed by atoms with Crippen LogP contribution in [0.25, 0.3) is 0 Å². The Morgan fingerprint density at radius 3 is 2.19 bits per heavy atom. The number of hydrogen-bond acceptors (Lipinski definition) is 3. The molecule has 5 rings (SSSR count). The second-order valence-electron chi connectivity index (χ2n) is 11.3. The van der Waals surface area contributed by atoms with Crippen LogP contribution in [0.1, 0.15) is 69.8 Å². The molecular weight excluding hydrogens is 467 g/mol. The number of rotatable bonds is 7. The van der Waals surface area contributed by atoms with Gasteiger partial charge in [-0.05, 0) is 63.1 Å². The van der Waals surface area contributed by atoms with Crippen LogP contribution in [0.15, 0.2) is 54.6 Å². The van der Waals surface area contributed by atoms with Crippen molar-refractivity contribution in [3.8, 4) is 5.75 Å². The van der Waals surface area contributed by atoms with Gasteiger partial charge in [0.15, 0.2) is 0 Å². The highest BCUT2D eigenvalue weighted by atomic mass is 19.1. The van der Waals surface area contributed by atoms with Crippen molar-refractivity contribution in [1.29, 1.82) is 0 Å². The number of piperidine rings is 2. The first-order chi connectivity index (χ1) is 18.0. The summed E-state index contributed by atoms with van der Waals surface area (Å²) in [5.74, 6) is 0.655. The molecule has 1 aliphatic carbocycles. The number of carbonyl (C=O) groups excluding carboxylic acids is 2. The van der Waals surface area contributed by atoms with Gasteiger partial charge in [0.2, 0.25) is 11.8 Å². The zero-order valence-corrected chi connectivity index (χ0v) is 21.8. The predicted molar refractivity (Wildman–Crippen MR) is 142 cm³/mol. The van der Waals surface area contributed by atoms with E-state index in [-0.39, 0.29) is 17.6 Å². The molecule has 2 aliphatic heterocycles. The Morgan fingerprint density at radius 1 is 0.784 bits per heavy atom. The highest BCUT2D eigenvalue weighted by Crippen LogP contribution is 2.45. The average molecular weight is 507 g/mol. The Balaban J connectivity index is 1.40. The van der Waals surface area contributed by atoms with Gasteiger partial charge in [0, 0.05) is 43.6 Å². The summed E-state index contributed by atoms with van der Waals surface area (Å²) < 4.78 is 21.3. The molecule has 2 saturated heterocycles. The Hall–Kier alpha value is -2.89. The summed E-state index contributed by atoms with van der Waals surface area (Å²) in [6, 6.07) is 16.5. The first-order valence-corrected chi connectivity index (χ1v) is 14.0. The smallest absolute Gasteiger partial charge is 0.233 e. The van der Waals surface area contributed by atoms with E-state index in [9.17, 15) is 9.59 Å². The third kappa shape index (κ3) is 5.53. The van der Waals surface area contributed by atoms with Gasteiger partial charge in [-0.2, -0.15) is 0 Å². The Bertz CT molecular complexity index is 1080. The lowest BCUT2D eigenvalue weighted by atomic mass is 9.73. The largest absolute Gasteiger partial charge is 0.493 e. The molecule has 0 unspecified atom stereocenters. The highest BCUT2D eigenvalue weighted by Gasteiger charge is 2.49. The van der Waals surface area contributed by atoms with Crippen LogP contribution in [0.4, 0.5) is 4.39 Å². The highest BCUT2D eigenvalue weighted by molar-refractivity contribution is 5.89. The zero-order valence-electron chi connectivity index (χ0n) is 21.8. The number of hydrogen-bond donors (Lipinski definition) is 0. The summed E-state index contributed by atoms with van der Waals surface area (Å²) in [5, 5.41) is 0. The number of nitrogens with zero attached hydrogens (tertiary/aromatic N) is 2. The number of ether oxygens (including phenoxy) is 1. The molecule has 0 bridgehead atoms. The molecule has 0 aromatic heterocycles. The predicted octanol–water partition coefficient (Wildman–Crippen LogP) is 5.73. The van der Waals surface area contributed by atoms with E-state index in [0.717, 1.165) is 57.4 Å². The molecule has 3 fully saturated rings. The molecule has 2 aromatic carbocycles. The molecule has 0 radical (unpaired) electrons. The topological polar surface area (TPSA) is 49.9 Å². The quantitative estimate of drug-likeness (QED) is 0.482. The van der Waals surface area contributed by atoms with Gasteiger partial charge in [0.05, 0.1) is 12.0 Å². The van der Waals surface area contributed by atoms with Crippen molar-refractivity contribution in [2.75, 3.05) is 32.8 Å². The number of carbonyl (C=O) groups is 2. The molecule has 37 heavy (non-hydrogen) atoms. The summed E-state index contributed by atoms with van der Waals surface area (Å²) in [4.78, 5) is 31.6. The summed E-state index contributed by atoms with van der Waals surface area (Å²) in [7, 11) is 0. The minimum absolute atomic E-state index is 0.0179. The fourth-order valence-corrected chi connectivity index (χ4v) is 6.75. The van der Waals surface area contributed by atoms with Crippen LogP contribution in [-0.2, 0) is 15.0 Å². The van der Waals surface area contributed by atoms with Crippen molar-refractivity contribution >= 4 is 11.8 Å². The molecule has 6 heteroatoms. The third-order valence-electron chi connectivity index (χ3n) is 8.73. The zero-order chi connectivity index (χ0) is 25.7. The van der Waals surface area contributed by atoms with E-state index in [4.69, 9.17) is 4.74 Å². The lowest BCUT2D eigenvalue weighted by Crippen LogP contribution is -2.55. The second kappa shape index (κ2) is 11.2. The number of benzene rings is 2. The van der Waals surface area contributed by atoms with Crippen molar-refractivity contribution in [3.63, 3.8) is 0 Å². The average Bonchev–Trinajstić information content (AvgIpc) is 3.44. The fourth-order valence-electron chi connectivity index (χ4n) is 6.75. The van der Waals surface area contributed by atoms with Crippen molar-refractivity contribution in [3.05, 3.63) is 66.0 Å². The van der Waals surface area contributed by atoms with E-state index in [0.29, 0.717) is 44.5 Å². The fraction of sp³-hybridized carbons (Fsp3) is 0.548. The monoisotopic (exact) mass is 506 g/mol. The van der Waals surface area contributed by atoms with E-state index in [1.54, 1.807) is 12.1 Å². The Labute approximate surface area is 220 Å². The minimum Gasteiger partial charge on any atom is -0.493 e. The summed E-state index contributed by atoms with van der Waals surface area (Å²) in [6.45, 7) is 3.11. The van der Waals surface area contributed by atoms with Gasteiger partial charge in [-0.15, -0.1) is 0 Å². The van der Waals surface area contributed by atoms with Gasteiger partial charge in [-0.25, -0.2) is 4.39 Å². The lowest BCUT2D eigenvalue weighted by Gasteiger charge is -2.46. The first kappa shape index (κ1) is 25.7. The molecule has 0 N–H and O–H groups in total. The number of halogens is 1. The normalized spacial score (nSPS) is 23.6. The van der Waals surface area contributed by atoms with Gasteiger partial charge in [0.25, 0.3) is 0 Å². The van der Waals surface area contributed by atoms with E-state index >= 15 is 4.39 Å². The van der Waals surface area contributed by atoms with Crippen molar-refractivity contribution in [1.82, 2.24) is 9.80 Å². The van der Waals surface area contributed by atoms with Crippen molar-refractivity contribution in [2.24, 2.45) is 5.41 Å². The molecule has 0 spiro atoms. The molecule has 3 aliphatic rings. The number of likely N-dealkylation sites (tertiary alicyclic amines) is 2. The van der Waals surface area contributed by atoms with Crippen LogP contribution in [0.3, 0.4) is 0 Å². The van der Waals surface area contributed by atoms with Gasteiger partial charge in [0.1, 0.15) is 11.6 Å². The standard InChI is InChI=1S/C31H39FN2O3/c32-27-15-6-5-14-26(27)31(17-7-8-18-31)29(36)34-21-11-16-30(23-34,24-37-25-12-3-1-4-13-25)22-28(35)33-19-9-2-10-20-33/h1,3-6,12-15H,2,7-11,16-24H2/t30-/m1/s1. The molecule has 1 atom stereocenters. The molecule has 5 nitrogen and oxygen atoms in total. The van der Waals surface area contributed by atoms with Gasteiger partial charge in [-0.1, -0.05) is 49.2 Å². The van der Waals surface area contributed by atoms with E-state index in [1.807, 2.05) is 46.2 Å². The molecule has 2 aromatic rings. The lowest BCUT2D eigenvalue weighted by molar-refractivity contribution is -0.145. The van der Waals surface area contributed by atoms with Gasteiger partial charge < -0.3 is 14.5 Å². The van der Waals surface area contributed by atoms with Crippen LogP contribution in [-0.4, -0.2) is 54.4 Å². The summed E-state index contributed by atoms with van der Waals surface area (Å²) in [6.07, 6.45) is 8.47. The minimum atomic E-state index is -0.814. The van der Waals surface area contributed by atoms with Crippen LogP contribution in [0.5, 0.6) is 5.75 Å². The van der Waals surface area contributed by atoms with E-state index in [2.05, 4.69) is 0 Å². The van der Waals surface area contributed by atoms with Crippen LogP contribution < -0.4 is 4.74 Å². The number of para-hydroxylation sites is 1. The molecule has 198 valence electrons. The van der Waals surface area contributed by atoms with Crippen molar-refractivity contribution in [2.45, 2.75) is 69.6 Å². The van der Waals surface area contributed by atoms with E-state index in [1.165, 1.54) is 12.5 Å². The van der Waals surface area contributed by atoms with Crippen LogP contribution in [0.2, 0.25) is 0 Å². The van der Waals surface area contributed by atoms with E-state index < -0.39 is 10.8 Å². The molecular formula is C31H39FN2O3. The van der Waals surface area contributed by atoms with Crippen molar-refractivity contribution < 1.29 is 18.7 Å². The maximum absolute atomic E-state index is 15.0. The molecule has 2 amide bonds. The summed E-state index contributed by atoms with van der Waals surface area (Å²) in [5.41, 5.74) is -0.752.